The molecule has 0 spiro atoms. The molecule has 2 aromatic heterocycles. The molecule has 0 saturated heterocycles. The highest BCUT2D eigenvalue weighted by atomic mass is 14.7. The summed E-state index contributed by atoms with van der Waals surface area (Å²) in [6, 6.07) is 9.94. The lowest BCUT2D eigenvalue weighted by Gasteiger charge is -2.10. The Bertz CT molecular complexity index is 855. The van der Waals surface area contributed by atoms with Crippen molar-refractivity contribution in [2.45, 2.75) is 33.1 Å². The number of anilines is 2. The van der Waals surface area contributed by atoms with Crippen molar-refractivity contribution in [2.24, 2.45) is 0 Å². The Morgan fingerprint density at radius 3 is 2.57 bits per heavy atom. The minimum absolute atomic E-state index is 0.779. The molecule has 23 heavy (non-hydrogen) atoms. The van der Waals surface area contributed by atoms with E-state index in [1.54, 1.807) is 0 Å². The zero-order chi connectivity index (χ0) is 16.4. The summed E-state index contributed by atoms with van der Waals surface area (Å²) >= 11 is 0. The van der Waals surface area contributed by atoms with E-state index in [4.69, 9.17) is 16.5 Å². The average Bonchev–Trinajstić information content (AvgIpc) is 2.53. The molecule has 0 aliphatic rings. The van der Waals surface area contributed by atoms with Crippen LogP contribution in [-0.4, -0.2) is 9.97 Å². The highest BCUT2D eigenvalue weighted by Gasteiger charge is 2.07. The third-order valence-electron chi connectivity index (χ3n) is 4.31. The Morgan fingerprint density at radius 2 is 1.74 bits per heavy atom. The number of aryl methyl sites for hydroxylation is 4. The maximum absolute atomic E-state index is 6.09. The molecule has 0 radical (unpaired) electrons. The van der Waals surface area contributed by atoms with Crippen molar-refractivity contribution in [3.63, 3.8) is 0 Å². The smallest absolute Gasteiger partial charge is 0.0726 e. The zero-order valence-corrected chi connectivity index (χ0v) is 13.6. The number of pyridine rings is 2. The molecule has 0 fully saturated rings. The first kappa shape index (κ1) is 15.3. The normalized spacial score (nSPS) is 11.0. The Labute approximate surface area is 136 Å². The van der Waals surface area contributed by atoms with Gasteiger partial charge >= 0.3 is 0 Å². The van der Waals surface area contributed by atoms with Crippen LogP contribution >= 0.6 is 0 Å². The molecule has 4 nitrogen and oxygen atoms in total. The summed E-state index contributed by atoms with van der Waals surface area (Å²) in [7, 11) is 0. The van der Waals surface area contributed by atoms with Crippen LogP contribution in [0.5, 0.6) is 0 Å². The largest absolute Gasteiger partial charge is 0.398 e. The van der Waals surface area contributed by atoms with Crippen LogP contribution in [0, 0.1) is 13.8 Å². The summed E-state index contributed by atoms with van der Waals surface area (Å²) in [5.74, 6) is 0. The summed E-state index contributed by atoms with van der Waals surface area (Å²) in [5.41, 5.74) is 19.0. The van der Waals surface area contributed by atoms with Crippen LogP contribution < -0.4 is 11.5 Å². The van der Waals surface area contributed by atoms with Crippen LogP contribution in [0.15, 0.2) is 36.5 Å². The Kier molecular flexibility index (Phi) is 4.15. The monoisotopic (exact) mass is 306 g/mol. The Hall–Kier alpha value is -2.62. The van der Waals surface area contributed by atoms with Crippen molar-refractivity contribution in [1.29, 1.82) is 0 Å². The zero-order valence-electron chi connectivity index (χ0n) is 13.6. The van der Waals surface area contributed by atoms with Crippen LogP contribution in [0.1, 0.15) is 28.9 Å². The fraction of sp³-hybridized carbons (Fsp3) is 0.263. The third-order valence-corrected chi connectivity index (χ3v) is 4.31. The van der Waals surface area contributed by atoms with Crippen molar-refractivity contribution in [2.75, 3.05) is 11.5 Å². The van der Waals surface area contributed by atoms with Gasteiger partial charge in [-0.25, -0.2) is 0 Å². The van der Waals surface area contributed by atoms with E-state index in [0.29, 0.717) is 0 Å². The van der Waals surface area contributed by atoms with Crippen molar-refractivity contribution in [1.82, 2.24) is 9.97 Å². The van der Waals surface area contributed by atoms with E-state index in [-0.39, 0.29) is 0 Å². The molecule has 0 atom stereocenters. The second kappa shape index (κ2) is 6.24. The van der Waals surface area contributed by atoms with Crippen LogP contribution in [-0.2, 0) is 12.8 Å². The van der Waals surface area contributed by atoms with E-state index in [1.165, 1.54) is 5.56 Å². The number of aromatic nitrogens is 2. The molecule has 0 unspecified atom stereocenters. The molecule has 3 aromatic rings. The van der Waals surface area contributed by atoms with Crippen molar-refractivity contribution in [3.8, 4) is 0 Å². The summed E-state index contributed by atoms with van der Waals surface area (Å²) in [5, 5.41) is 1.03. The maximum atomic E-state index is 6.09. The van der Waals surface area contributed by atoms with Gasteiger partial charge in [-0.2, -0.15) is 0 Å². The number of nitrogens with zero attached hydrogens (tertiary/aromatic N) is 2. The molecular weight excluding hydrogens is 284 g/mol. The first-order valence-electron chi connectivity index (χ1n) is 7.91. The van der Waals surface area contributed by atoms with Crippen molar-refractivity contribution in [3.05, 3.63) is 59.0 Å². The maximum Gasteiger partial charge on any atom is 0.0726 e. The number of fused-ring (bicyclic) bond motifs is 1. The van der Waals surface area contributed by atoms with Gasteiger partial charge in [0.25, 0.3) is 0 Å². The summed E-state index contributed by atoms with van der Waals surface area (Å²) < 4.78 is 0. The van der Waals surface area contributed by atoms with Crippen LogP contribution in [0.25, 0.3) is 10.9 Å². The molecule has 118 valence electrons. The summed E-state index contributed by atoms with van der Waals surface area (Å²) in [4.78, 5) is 9.17. The predicted octanol–water partition coefficient (Wildman–Crippen LogP) is 3.59. The van der Waals surface area contributed by atoms with Crippen molar-refractivity contribution >= 4 is 22.3 Å². The lowest BCUT2D eigenvalue weighted by Crippen LogP contribution is -2.03. The topological polar surface area (TPSA) is 77.8 Å². The molecule has 3 rings (SSSR count). The van der Waals surface area contributed by atoms with Crippen molar-refractivity contribution < 1.29 is 0 Å². The molecule has 0 aliphatic carbocycles. The first-order valence-corrected chi connectivity index (χ1v) is 7.91. The molecule has 0 bridgehead atoms. The van der Waals surface area contributed by atoms with Crippen LogP contribution in [0.2, 0.25) is 0 Å². The first-order chi connectivity index (χ1) is 11.1. The SMILES string of the molecule is Cc1cc2c(N)cccc2nc1CCCc1nccc(C)c1N. The Morgan fingerprint density at radius 1 is 0.957 bits per heavy atom. The molecule has 0 amide bonds. The molecule has 0 saturated carbocycles. The fourth-order valence-corrected chi connectivity index (χ4v) is 2.86. The van der Waals surface area contributed by atoms with E-state index >= 15 is 0 Å². The molecular formula is C19H22N4. The van der Waals surface area contributed by atoms with Gasteiger partial charge in [0, 0.05) is 23.0 Å². The second-order valence-electron chi connectivity index (χ2n) is 6.01. The van der Waals surface area contributed by atoms with Crippen LogP contribution in [0.4, 0.5) is 11.4 Å². The number of nitrogen functional groups attached to an aromatic ring is 2. The van der Waals surface area contributed by atoms with Gasteiger partial charge < -0.3 is 11.5 Å². The predicted molar refractivity (Wildman–Crippen MR) is 96.3 cm³/mol. The number of hydrogen-bond acceptors (Lipinski definition) is 4. The fourth-order valence-electron chi connectivity index (χ4n) is 2.86. The molecule has 4 N–H and O–H groups in total. The molecule has 4 heteroatoms. The van der Waals surface area contributed by atoms with E-state index in [0.717, 1.165) is 58.5 Å². The van der Waals surface area contributed by atoms with Gasteiger partial charge in [0.15, 0.2) is 0 Å². The second-order valence-corrected chi connectivity index (χ2v) is 6.01. The number of nitrogens with two attached hydrogens (primary N) is 2. The standard InChI is InChI=1S/C19H22N4/c1-12-9-10-22-18(19(12)21)8-4-6-16-13(2)11-14-15(20)5-3-7-17(14)23-16/h3,5,7,9-11H,4,6,8,20-21H2,1-2H3. The third kappa shape index (κ3) is 3.11. The van der Waals surface area contributed by atoms with Gasteiger partial charge in [-0.15, -0.1) is 0 Å². The van der Waals surface area contributed by atoms with Gasteiger partial charge in [-0.3, -0.25) is 9.97 Å². The highest BCUT2D eigenvalue weighted by Crippen LogP contribution is 2.23. The summed E-state index contributed by atoms with van der Waals surface area (Å²) in [6.45, 7) is 4.10. The van der Waals surface area contributed by atoms with Gasteiger partial charge in [0.2, 0.25) is 0 Å². The Balaban J connectivity index is 1.77. The lowest BCUT2D eigenvalue weighted by atomic mass is 10.0. The highest BCUT2D eigenvalue weighted by molar-refractivity contribution is 5.90. The lowest BCUT2D eigenvalue weighted by molar-refractivity contribution is 0.781. The minimum Gasteiger partial charge on any atom is -0.398 e. The van der Waals surface area contributed by atoms with E-state index < -0.39 is 0 Å². The van der Waals surface area contributed by atoms with E-state index in [1.807, 2.05) is 37.4 Å². The molecule has 1 aromatic carbocycles. The van der Waals surface area contributed by atoms with Crippen LogP contribution in [0.3, 0.4) is 0 Å². The number of benzene rings is 1. The minimum atomic E-state index is 0.779. The number of rotatable bonds is 4. The van der Waals surface area contributed by atoms with E-state index in [9.17, 15) is 0 Å². The quantitative estimate of drug-likeness (QED) is 0.722. The number of hydrogen-bond donors (Lipinski definition) is 2. The molecule has 0 aliphatic heterocycles. The average molecular weight is 306 g/mol. The van der Waals surface area contributed by atoms with Gasteiger partial charge in [0.05, 0.1) is 16.9 Å². The van der Waals surface area contributed by atoms with Gasteiger partial charge in [0.1, 0.15) is 0 Å². The summed E-state index contributed by atoms with van der Waals surface area (Å²) in [6.07, 6.45) is 4.57. The van der Waals surface area contributed by atoms with Gasteiger partial charge in [-0.1, -0.05) is 6.07 Å². The van der Waals surface area contributed by atoms with Gasteiger partial charge in [-0.05, 0) is 68.5 Å². The van der Waals surface area contributed by atoms with E-state index in [2.05, 4.69) is 18.0 Å². The molecule has 2 heterocycles.